The minimum Gasteiger partial charge on any atom is -0.385 e. The van der Waals surface area contributed by atoms with Gasteiger partial charge in [-0.05, 0) is 45.4 Å². The summed E-state index contributed by atoms with van der Waals surface area (Å²) in [6.07, 6.45) is 0.814. The monoisotopic (exact) mass is 247 g/mol. The number of nitrogens with zero attached hydrogens (tertiary/aromatic N) is 1. The fourth-order valence-corrected chi connectivity index (χ4v) is 3.15. The molecule has 100 valence electrons. The van der Waals surface area contributed by atoms with Crippen molar-refractivity contribution in [3.05, 3.63) is 34.9 Å². The molecule has 0 unspecified atom stereocenters. The third-order valence-electron chi connectivity index (χ3n) is 4.60. The van der Waals surface area contributed by atoms with E-state index in [4.69, 9.17) is 0 Å². The Morgan fingerprint density at radius 3 is 2.61 bits per heavy atom. The van der Waals surface area contributed by atoms with Crippen LogP contribution in [-0.4, -0.2) is 29.6 Å². The molecular weight excluding hydrogens is 222 g/mol. The molecule has 2 nitrogen and oxygen atoms in total. The summed E-state index contributed by atoms with van der Waals surface area (Å²) in [7, 11) is 2.14. The van der Waals surface area contributed by atoms with Gasteiger partial charge in [-0.25, -0.2) is 0 Å². The van der Waals surface area contributed by atoms with Crippen molar-refractivity contribution in [2.75, 3.05) is 13.6 Å². The zero-order valence-electron chi connectivity index (χ0n) is 12.2. The maximum atomic E-state index is 11.2. The minimum absolute atomic E-state index is 0.263. The Morgan fingerprint density at radius 2 is 1.94 bits per heavy atom. The average Bonchev–Trinajstić information content (AvgIpc) is 2.30. The van der Waals surface area contributed by atoms with Crippen LogP contribution in [0, 0.1) is 19.8 Å². The van der Waals surface area contributed by atoms with E-state index >= 15 is 0 Å². The lowest BCUT2D eigenvalue weighted by molar-refractivity contribution is -0.0847. The van der Waals surface area contributed by atoms with Gasteiger partial charge in [0, 0.05) is 18.5 Å². The van der Waals surface area contributed by atoms with E-state index in [0.29, 0.717) is 6.04 Å². The number of hydrogen-bond donors (Lipinski definition) is 1. The summed E-state index contributed by atoms with van der Waals surface area (Å²) in [4.78, 5) is 2.34. The Kier molecular flexibility index (Phi) is 3.52. The van der Waals surface area contributed by atoms with Crippen LogP contribution in [0.2, 0.25) is 0 Å². The molecule has 1 N–H and O–H groups in total. The van der Waals surface area contributed by atoms with Crippen molar-refractivity contribution in [1.29, 1.82) is 0 Å². The molecule has 2 rings (SSSR count). The van der Waals surface area contributed by atoms with E-state index < -0.39 is 5.60 Å². The minimum atomic E-state index is -0.679. The van der Waals surface area contributed by atoms with Gasteiger partial charge in [0.15, 0.2) is 0 Å². The summed E-state index contributed by atoms with van der Waals surface area (Å²) in [5, 5.41) is 11.2. The maximum absolute atomic E-state index is 11.2. The highest BCUT2D eigenvalue weighted by Crippen LogP contribution is 2.40. The third kappa shape index (κ3) is 2.19. The Morgan fingerprint density at radius 1 is 1.28 bits per heavy atom. The molecule has 0 radical (unpaired) electrons. The molecule has 0 amide bonds. The predicted octanol–water partition coefficient (Wildman–Crippen LogP) is 2.85. The quantitative estimate of drug-likeness (QED) is 0.825. The lowest BCUT2D eigenvalue weighted by Crippen LogP contribution is -2.51. The molecule has 0 spiro atoms. The highest BCUT2D eigenvalue weighted by Gasteiger charge is 2.43. The lowest BCUT2D eigenvalue weighted by Gasteiger charge is -2.46. The molecule has 1 heterocycles. The fourth-order valence-electron chi connectivity index (χ4n) is 3.15. The Labute approximate surface area is 111 Å². The molecular formula is C16H25NO. The van der Waals surface area contributed by atoms with Crippen LogP contribution in [0.1, 0.15) is 37.0 Å². The van der Waals surface area contributed by atoms with Crippen LogP contribution in [0.3, 0.4) is 0 Å². The molecule has 1 aromatic rings. The summed E-state index contributed by atoms with van der Waals surface area (Å²) >= 11 is 0. The van der Waals surface area contributed by atoms with Gasteiger partial charge >= 0.3 is 0 Å². The smallest absolute Gasteiger partial charge is 0.0951 e. The molecule has 1 aliphatic rings. The second-order valence-electron chi connectivity index (χ2n) is 6.14. The largest absolute Gasteiger partial charge is 0.385 e. The number of likely N-dealkylation sites (tertiary alicyclic amines) is 1. The fraction of sp³-hybridized carbons (Fsp3) is 0.625. The standard InChI is InChI=1S/C16H25NO/c1-11-6-7-12(2)15(8-11)16(18)9-14(4)17(5)10-13(16)3/h6-8,13-14,18H,9-10H2,1-5H3/t13-,14-,16-/m1/s1. The highest BCUT2D eigenvalue weighted by molar-refractivity contribution is 5.36. The Balaban J connectivity index is 2.43. The first-order valence-corrected chi connectivity index (χ1v) is 6.85. The van der Waals surface area contributed by atoms with Crippen LogP contribution in [0.5, 0.6) is 0 Å². The van der Waals surface area contributed by atoms with Crippen molar-refractivity contribution in [2.45, 2.75) is 45.8 Å². The van der Waals surface area contributed by atoms with Crippen LogP contribution < -0.4 is 0 Å². The molecule has 0 aliphatic carbocycles. The summed E-state index contributed by atoms with van der Waals surface area (Å²) in [5.41, 5.74) is 2.87. The molecule has 0 saturated carbocycles. The zero-order chi connectivity index (χ0) is 13.5. The molecule has 0 bridgehead atoms. The predicted molar refractivity (Wildman–Crippen MR) is 75.7 cm³/mol. The van der Waals surface area contributed by atoms with E-state index in [-0.39, 0.29) is 5.92 Å². The number of aryl methyl sites for hydroxylation is 2. The van der Waals surface area contributed by atoms with E-state index in [1.165, 1.54) is 11.1 Å². The van der Waals surface area contributed by atoms with Crippen molar-refractivity contribution < 1.29 is 5.11 Å². The normalized spacial score (nSPS) is 33.7. The van der Waals surface area contributed by atoms with E-state index in [0.717, 1.165) is 18.5 Å². The molecule has 1 fully saturated rings. The molecule has 3 atom stereocenters. The van der Waals surface area contributed by atoms with Crippen molar-refractivity contribution in [2.24, 2.45) is 5.92 Å². The van der Waals surface area contributed by atoms with E-state index in [1.807, 2.05) is 0 Å². The molecule has 1 aromatic carbocycles. The van der Waals surface area contributed by atoms with Gasteiger partial charge in [0.05, 0.1) is 5.60 Å². The molecule has 18 heavy (non-hydrogen) atoms. The van der Waals surface area contributed by atoms with Crippen LogP contribution in [0.4, 0.5) is 0 Å². The van der Waals surface area contributed by atoms with Gasteiger partial charge in [0.2, 0.25) is 0 Å². The van der Waals surface area contributed by atoms with Crippen molar-refractivity contribution >= 4 is 0 Å². The van der Waals surface area contributed by atoms with Crippen LogP contribution in [0.15, 0.2) is 18.2 Å². The third-order valence-corrected chi connectivity index (χ3v) is 4.60. The number of hydrogen-bond acceptors (Lipinski definition) is 2. The summed E-state index contributed by atoms with van der Waals surface area (Å²) in [6, 6.07) is 6.82. The number of benzene rings is 1. The highest BCUT2D eigenvalue weighted by atomic mass is 16.3. The number of rotatable bonds is 1. The van der Waals surface area contributed by atoms with Gasteiger partial charge in [-0.2, -0.15) is 0 Å². The molecule has 0 aromatic heterocycles. The number of piperidine rings is 1. The first kappa shape index (κ1) is 13.6. The first-order chi connectivity index (χ1) is 8.34. The van der Waals surface area contributed by atoms with Gasteiger partial charge in [0.25, 0.3) is 0 Å². The van der Waals surface area contributed by atoms with Gasteiger partial charge < -0.3 is 10.0 Å². The zero-order valence-corrected chi connectivity index (χ0v) is 12.2. The van der Waals surface area contributed by atoms with Crippen LogP contribution in [0.25, 0.3) is 0 Å². The van der Waals surface area contributed by atoms with E-state index in [2.05, 4.69) is 57.8 Å². The molecule has 2 heteroatoms. The van der Waals surface area contributed by atoms with Crippen LogP contribution >= 0.6 is 0 Å². The van der Waals surface area contributed by atoms with Gasteiger partial charge in [-0.1, -0.05) is 30.7 Å². The van der Waals surface area contributed by atoms with Crippen molar-refractivity contribution in [3.63, 3.8) is 0 Å². The molecule has 1 aliphatic heterocycles. The second kappa shape index (κ2) is 4.67. The van der Waals surface area contributed by atoms with E-state index in [9.17, 15) is 5.11 Å². The first-order valence-electron chi connectivity index (χ1n) is 6.85. The van der Waals surface area contributed by atoms with Gasteiger partial charge in [0.1, 0.15) is 0 Å². The topological polar surface area (TPSA) is 23.5 Å². The Hall–Kier alpha value is -0.860. The second-order valence-corrected chi connectivity index (χ2v) is 6.14. The maximum Gasteiger partial charge on any atom is 0.0951 e. The van der Waals surface area contributed by atoms with Crippen molar-refractivity contribution in [1.82, 2.24) is 4.90 Å². The van der Waals surface area contributed by atoms with E-state index in [1.54, 1.807) is 0 Å². The summed E-state index contributed by atoms with van der Waals surface area (Å²) in [6.45, 7) is 9.50. The van der Waals surface area contributed by atoms with Crippen molar-refractivity contribution in [3.8, 4) is 0 Å². The average molecular weight is 247 g/mol. The number of aliphatic hydroxyl groups is 1. The SMILES string of the molecule is Cc1ccc(C)c([C@@]2(O)C[C@@H](C)N(C)C[C@H]2C)c1. The summed E-state index contributed by atoms with van der Waals surface area (Å²) < 4.78 is 0. The molecule has 1 saturated heterocycles. The van der Waals surface area contributed by atoms with Gasteiger partial charge in [-0.15, -0.1) is 0 Å². The summed E-state index contributed by atoms with van der Waals surface area (Å²) in [5.74, 6) is 0.263. The lowest BCUT2D eigenvalue weighted by atomic mass is 9.73. The Bertz CT molecular complexity index is 443. The van der Waals surface area contributed by atoms with Crippen LogP contribution in [-0.2, 0) is 5.60 Å². The van der Waals surface area contributed by atoms with Gasteiger partial charge in [-0.3, -0.25) is 0 Å².